The van der Waals surface area contributed by atoms with Gasteiger partial charge in [-0.15, -0.1) is 0 Å². The van der Waals surface area contributed by atoms with Gasteiger partial charge in [0.15, 0.2) is 0 Å². The molecule has 43 heavy (non-hydrogen) atoms. The molecule has 0 fully saturated rings. The van der Waals surface area contributed by atoms with Crippen molar-refractivity contribution in [1.29, 1.82) is 0 Å². The van der Waals surface area contributed by atoms with Gasteiger partial charge in [0.2, 0.25) is 21.8 Å². The summed E-state index contributed by atoms with van der Waals surface area (Å²) < 4.78 is 26.7. The summed E-state index contributed by atoms with van der Waals surface area (Å²) in [5.74, 6) is -0.494. The van der Waals surface area contributed by atoms with E-state index in [-0.39, 0.29) is 37.7 Å². The van der Waals surface area contributed by atoms with Gasteiger partial charge in [0, 0.05) is 32.5 Å². The Kier molecular flexibility index (Phi) is 13.4. The molecule has 1 atom stereocenters. The highest BCUT2D eigenvalue weighted by Crippen LogP contribution is 2.25. The Bertz CT molecular complexity index is 1450. The van der Waals surface area contributed by atoms with Gasteiger partial charge in [-0.3, -0.25) is 13.9 Å². The van der Waals surface area contributed by atoms with Crippen LogP contribution >= 0.6 is 23.2 Å². The van der Waals surface area contributed by atoms with E-state index in [1.54, 1.807) is 35.2 Å². The molecule has 0 bridgehead atoms. The number of halogens is 2. The lowest BCUT2D eigenvalue weighted by atomic mass is 10.0. The third kappa shape index (κ3) is 10.6. The number of hydrogen-bond donors (Lipinski definition) is 1. The van der Waals surface area contributed by atoms with Crippen LogP contribution in [0.4, 0.5) is 5.69 Å². The summed E-state index contributed by atoms with van der Waals surface area (Å²) in [7, 11) is -3.58. The summed E-state index contributed by atoms with van der Waals surface area (Å²) in [5, 5.41) is 3.76. The minimum Gasteiger partial charge on any atom is -0.354 e. The van der Waals surface area contributed by atoms with Crippen molar-refractivity contribution in [2.24, 2.45) is 0 Å². The Labute approximate surface area is 266 Å². The molecule has 0 saturated carbocycles. The van der Waals surface area contributed by atoms with Crippen LogP contribution in [0.5, 0.6) is 0 Å². The number of sulfonamides is 1. The van der Waals surface area contributed by atoms with Gasteiger partial charge >= 0.3 is 0 Å². The van der Waals surface area contributed by atoms with Crippen LogP contribution in [0.2, 0.25) is 10.0 Å². The van der Waals surface area contributed by atoms with Crippen molar-refractivity contribution in [3.63, 3.8) is 0 Å². The number of nitrogens with zero attached hydrogens (tertiary/aromatic N) is 2. The average molecular weight is 647 g/mol. The van der Waals surface area contributed by atoms with Crippen LogP contribution in [0.25, 0.3) is 0 Å². The lowest BCUT2D eigenvalue weighted by molar-refractivity contribution is -0.141. The van der Waals surface area contributed by atoms with Crippen molar-refractivity contribution >= 4 is 50.7 Å². The van der Waals surface area contributed by atoms with Crippen molar-refractivity contribution in [3.8, 4) is 0 Å². The van der Waals surface area contributed by atoms with Crippen molar-refractivity contribution in [2.45, 2.75) is 65.0 Å². The second-order valence-corrected chi connectivity index (χ2v) is 13.3. The number of hydrogen-bond acceptors (Lipinski definition) is 4. The minimum atomic E-state index is -3.58. The number of nitrogens with one attached hydrogen (secondary N) is 1. The first-order valence-electron chi connectivity index (χ1n) is 14.6. The summed E-state index contributed by atoms with van der Waals surface area (Å²) in [6.45, 7) is 4.86. The molecule has 0 aliphatic heterocycles. The highest BCUT2D eigenvalue weighted by Gasteiger charge is 2.30. The molecule has 7 nitrogen and oxygen atoms in total. The topological polar surface area (TPSA) is 86.8 Å². The highest BCUT2D eigenvalue weighted by atomic mass is 35.5. The van der Waals surface area contributed by atoms with Gasteiger partial charge in [0.05, 0.1) is 22.0 Å². The smallest absolute Gasteiger partial charge is 0.243 e. The van der Waals surface area contributed by atoms with Crippen molar-refractivity contribution in [3.05, 3.63) is 99.5 Å². The molecule has 0 radical (unpaired) electrons. The van der Waals surface area contributed by atoms with E-state index in [1.165, 1.54) is 4.31 Å². The molecule has 0 aliphatic rings. The first-order valence-corrected chi connectivity index (χ1v) is 17.3. The standard InChI is InChI=1S/C33H41Cl2N3O4S/c1-4-6-20-36-33(40)31(23-26-11-8-7-9-12-26)37(24-27-16-19-29(34)30(35)22-27)32(39)13-10-21-38(43(3,41)42)28-17-14-25(5-2)15-18-28/h7-9,11-12,14-19,22,31H,4-6,10,13,20-21,23-24H2,1-3H3,(H,36,40)/t31-/m0/s1. The monoisotopic (exact) mass is 645 g/mol. The van der Waals surface area contributed by atoms with Crippen molar-refractivity contribution in [1.82, 2.24) is 10.2 Å². The van der Waals surface area contributed by atoms with E-state index in [9.17, 15) is 18.0 Å². The molecule has 0 heterocycles. The number of aryl methyl sites for hydroxylation is 1. The molecule has 3 aromatic carbocycles. The van der Waals surface area contributed by atoms with E-state index < -0.39 is 16.1 Å². The van der Waals surface area contributed by atoms with Gasteiger partial charge in [0.1, 0.15) is 6.04 Å². The molecule has 0 aromatic heterocycles. The Hall–Kier alpha value is -3.07. The van der Waals surface area contributed by atoms with E-state index >= 15 is 0 Å². The van der Waals surface area contributed by atoms with Crippen LogP contribution in [0.15, 0.2) is 72.8 Å². The van der Waals surface area contributed by atoms with Crippen LogP contribution < -0.4 is 9.62 Å². The fourth-order valence-corrected chi connectivity index (χ4v) is 6.08. The Morgan fingerprint density at radius 1 is 0.860 bits per heavy atom. The van der Waals surface area contributed by atoms with Gasteiger partial charge in [-0.25, -0.2) is 8.42 Å². The maximum absolute atomic E-state index is 13.9. The maximum Gasteiger partial charge on any atom is 0.243 e. The summed E-state index contributed by atoms with van der Waals surface area (Å²) in [6.07, 6.45) is 4.40. The molecule has 0 aliphatic carbocycles. The summed E-state index contributed by atoms with van der Waals surface area (Å²) in [6, 6.07) is 21.3. The molecule has 3 aromatic rings. The Balaban J connectivity index is 1.88. The molecule has 3 rings (SSSR count). The third-order valence-corrected chi connectivity index (χ3v) is 9.16. The second-order valence-electron chi connectivity index (χ2n) is 10.6. The zero-order chi connectivity index (χ0) is 31.4. The second kappa shape index (κ2) is 16.7. The number of carbonyl (C=O) groups is 2. The summed E-state index contributed by atoms with van der Waals surface area (Å²) in [5.41, 5.74) is 3.31. The quantitative estimate of drug-likeness (QED) is 0.177. The zero-order valence-electron chi connectivity index (χ0n) is 25.1. The molecule has 10 heteroatoms. The van der Waals surface area contributed by atoms with Gasteiger partial charge in [-0.05, 0) is 60.2 Å². The third-order valence-electron chi connectivity index (χ3n) is 7.22. The highest BCUT2D eigenvalue weighted by molar-refractivity contribution is 7.92. The number of unbranched alkanes of at least 4 members (excludes halogenated alkanes) is 1. The lowest BCUT2D eigenvalue weighted by Gasteiger charge is -2.32. The van der Waals surface area contributed by atoms with E-state index in [4.69, 9.17) is 23.2 Å². The van der Waals surface area contributed by atoms with Crippen molar-refractivity contribution < 1.29 is 18.0 Å². The van der Waals surface area contributed by atoms with Crippen LogP contribution in [-0.4, -0.2) is 50.5 Å². The summed E-state index contributed by atoms with van der Waals surface area (Å²) >= 11 is 12.4. The number of rotatable bonds is 16. The van der Waals surface area contributed by atoms with Crippen LogP contribution in [0.3, 0.4) is 0 Å². The summed E-state index contributed by atoms with van der Waals surface area (Å²) in [4.78, 5) is 29.1. The average Bonchev–Trinajstić information content (AvgIpc) is 2.99. The number of anilines is 1. The molecule has 0 spiro atoms. The van der Waals surface area contributed by atoms with E-state index in [0.717, 1.165) is 42.2 Å². The lowest BCUT2D eigenvalue weighted by Crippen LogP contribution is -2.50. The van der Waals surface area contributed by atoms with Gasteiger partial charge in [-0.2, -0.15) is 0 Å². The zero-order valence-corrected chi connectivity index (χ0v) is 27.4. The number of carbonyl (C=O) groups excluding carboxylic acids is 2. The van der Waals surface area contributed by atoms with Crippen LogP contribution in [0, 0.1) is 0 Å². The number of amides is 2. The van der Waals surface area contributed by atoms with Gasteiger partial charge < -0.3 is 10.2 Å². The maximum atomic E-state index is 13.9. The SMILES string of the molecule is CCCCNC(=O)[C@H](Cc1ccccc1)N(Cc1ccc(Cl)c(Cl)c1)C(=O)CCCN(c1ccc(CC)cc1)S(C)(=O)=O. The molecular weight excluding hydrogens is 605 g/mol. The Morgan fingerprint density at radius 2 is 1.53 bits per heavy atom. The first kappa shape index (κ1) is 34.4. The predicted octanol–water partition coefficient (Wildman–Crippen LogP) is 6.66. The molecule has 0 saturated heterocycles. The fraction of sp³-hybridized carbons (Fsp3) is 0.394. The first-order chi connectivity index (χ1) is 20.5. The molecule has 0 unspecified atom stereocenters. The van der Waals surface area contributed by atoms with Gasteiger partial charge in [0.25, 0.3) is 0 Å². The molecule has 2 amide bonds. The molecular formula is C33H41Cl2N3O4S. The normalized spacial score (nSPS) is 12.0. The Morgan fingerprint density at radius 3 is 2.14 bits per heavy atom. The van der Waals surface area contributed by atoms with E-state index in [1.807, 2.05) is 56.3 Å². The molecule has 232 valence electrons. The van der Waals surface area contributed by atoms with Crippen LogP contribution in [-0.2, 0) is 39.0 Å². The van der Waals surface area contributed by atoms with E-state index in [0.29, 0.717) is 28.7 Å². The van der Waals surface area contributed by atoms with E-state index in [2.05, 4.69) is 5.32 Å². The van der Waals surface area contributed by atoms with Gasteiger partial charge in [-0.1, -0.05) is 92.0 Å². The fourth-order valence-electron chi connectivity index (χ4n) is 4.80. The predicted molar refractivity (Wildman–Crippen MR) is 176 cm³/mol. The largest absolute Gasteiger partial charge is 0.354 e. The minimum absolute atomic E-state index is 0.0495. The van der Waals surface area contributed by atoms with Crippen molar-refractivity contribution in [2.75, 3.05) is 23.7 Å². The number of benzene rings is 3. The van der Waals surface area contributed by atoms with Crippen LogP contribution in [0.1, 0.15) is 56.2 Å². The molecule has 1 N–H and O–H groups in total.